The van der Waals surface area contributed by atoms with Crippen molar-refractivity contribution in [1.82, 2.24) is 0 Å². The van der Waals surface area contributed by atoms with Crippen LogP contribution in [0.25, 0.3) is 0 Å². The number of hydrogen-bond donors (Lipinski definition) is 0. The number of aryl methyl sites for hydroxylation is 6. The summed E-state index contributed by atoms with van der Waals surface area (Å²) in [5.41, 5.74) is 10.1. The molecule has 0 unspecified atom stereocenters. The first kappa shape index (κ1) is 19.9. The summed E-state index contributed by atoms with van der Waals surface area (Å²) >= 11 is 1.75. The van der Waals surface area contributed by atoms with Crippen LogP contribution in [-0.2, 0) is 20.0 Å². The van der Waals surface area contributed by atoms with Crippen molar-refractivity contribution < 1.29 is 29.1 Å². The van der Waals surface area contributed by atoms with Crippen molar-refractivity contribution in [3.8, 4) is 0 Å². The molecule has 0 atom stereocenters. The molecule has 0 N–H and O–H groups in total. The van der Waals surface area contributed by atoms with Gasteiger partial charge in [-0.25, -0.2) is 0 Å². The fourth-order valence-electron chi connectivity index (χ4n) is 3.67. The summed E-state index contributed by atoms with van der Waals surface area (Å²) in [5, 5.41) is 0. The Morgan fingerprint density at radius 1 is 0.640 bits per heavy atom. The molecule has 3 rings (SSSR count). The Morgan fingerprint density at radius 3 is 1.20 bits per heavy atom. The summed E-state index contributed by atoms with van der Waals surface area (Å²) in [6.07, 6.45) is 4.17. The van der Waals surface area contributed by atoms with Crippen molar-refractivity contribution in [3.05, 3.63) is 70.0 Å². The number of rotatable bonds is 2. The third-order valence-electron chi connectivity index (χ3n) is 4.33. The minimum absolute atomic E-state index is 1.22. The molecule has 4 heteroatoms. The summed E-state index contributed by atoms with van der Waals surface area (Å²) in [6, 6.07) is 12.4. The van der Waals surface area contributed by atoms with E-state index in [0.717, 1.165) is 0 Å². The van der Waals surface area contributed by atoms with Gasteiger partial charge in [-0.3, -0.25) is 0 Å². The molecule has 0 saturated carbocycles. The first-order valence-electron chi connectivity index (χ1n) is 8.17. The van der Waals surface area contributed by atoms with E-state index < -0.39 is 0 Å². The molecule has 1 aliphatic rings. The van der Waals surface area contributed by atoms with Crippen LogP contribution in [0, 0.1) is 41.5 Å². The monoisotopic (exact) mass is 536 g/mol. The normalized spacial score (nSPS) is 12.5. The second-order valence-electron chi connectivity index (χ2n) is 6.63. The predicted molar refractivity (Wildman–Crippen MR) is 101 cm³/mol. The number of nitrogens with zero attached hydrogens (tertiary/aromatic N) is 2. The van der Waals surface area contributed by atoms with Crippen molar-refractivity contribution >= 4 is 26.6 Å². The van der Waals surface area contributed by atoms with Gasteiger partial charge in [0.1, 0.15) is 0 Å². The summed E-state index contributed by atoms with van der Waals surface area (Å²) in [4.78, 5) is 0. The maximum absolute atomic E-state index is 4.58. The maximum atomic E-state index is 4.58. The topological polar surface area (TPSA) is 6.02 Å². The summed E-state index contributed by atoms with van der Waals surface area (Å²) in [7, 11) is 4.58. The molecular weight excluding hydrogens is 513 g/mol. The summed E-state index contributed by atoms with van der Waals surface area (Å²) in [6.45, 7) is 12.9. The SMILES string of the molecule is Cc1cc(C)c([N+]2=C=[N+](c3c(C)cc(C)cc3C)C=C2)c(C)c1.[Cl][Au]. The van der Waals surface area contributed by atoms with Gasteiger partial charge >= 0.3 is 35.2 Å². The van der Waals surface area contributed by atoms with E-state index >= 15 is 0 Å². The van der Waals surface area contributed by atoms with Gasteiger partial charge in [0.15, 0.2) is 0 Å². The molecule has 25 heavy (non-hydrogen) atoms. The zero-order valence-corrected chi connectivity index (χ0v) is 18.5. The van der Waals surface area contributed by atoms with E-state index in [0.29, 0.717) is 0 Å². The predicted octanol–water partition coefficient (Wildman–Crippen LogP) is 5.87. The van der Waals surface area contributed by atoms with Gasteiger partial charge in [0.25, 0.3) is 12.4 Å². The van der Waals surface area contributed by atoms with Crippen molar-refractivity contribution in [2.24, 2.45) is 0 Å². The number of benzene rings is 2. The van der Waals surface area contributed by atoms with Gasteiger partial charge in [-0.05, 0) is 65.8 Å². The van der Waals surface area contributed by atoms with Gasteiger partial charge in [-0.1, -0.05) is 20.3 Å². The van der Waals surface area contributed by atoms with Crippen molar-refractivity contribution in [1.29, 1.82) is 0 Å². The fourth-order valence-corrected chi connectivity index (χ4v) is 3.67. The van der Waals surface area contributed by atoms with Crippen molar-refractivity contribution in [2.75, 3.05) is 0 Å². The molecule has 2 aromatic carbocycles. The van der Waals surface area contributed by atoms with E-state index in [4.69, 9.17) is 0 Å². The van der Waals surface area contributed by atoms with Crippen LogP contribution in [0.1, 0.15) is 33.4 Å². The van der Waals surface area contributed by atoms with Crippen LogP contribution < -0.4 is 0 Å². The molecule has 0 fully saturated rings. The van der Waals surface area contributed by atoms with Gasteiger partial charge in [0, 0.05) is 22.3 Å². The Morgan fingerprint density at radius 2 is 0.920 bits per heavy atom. The zero-order valence-electron chi connectivity index (χ0n) is 15.5. The molecule has 0 spiro atoms. The fraction of sp³-hybridized carbons (Fsp3) is 0.286. The third-order valence-corrected chi connectivity index (χ3v) is 4.33. The van der Waals surface area contributed by atoms with Crippen LogP contribution in [0.2, 0.25) is 0 Å². The molecular formula is C21H24AuClN2+2. The Bertz CT molecular complexity index is 802. The number of halogens is 1. The molecule has 0 bridgehead atoms. The van der Waals surface area contributed by atoms with Gasteiger partial charge in [0.05, 0.1) is 0 Å². The standard InChI is InChI=1S/C21H24N2.Au.ClH/c1-14-9-16(3)20(17(4)10-14)22-7-8-23(13-22)21-18(5)11-15(2)12-19(21)6;;/h7-12H,1-6H3;;1H/q+2;+1;/p-1. The summed E-state index contributed by atoms with van der Waals surface area (Å²) < 4.78 is 4.20. The van der Waals surface area contributed by atoms with E-state index in [1.165, 1.54) is 44.8 Å². The molecule has 134 valence electrons. The average Bonchev–Trinajstić information content (AvgIpc) is 2.96. The molecule has 0 saturated heterocycles. The Kier molecular flexibility index (Phi) is 6.62. The van der Waals surface area contributed by atoms with Crippen LogP contribution in [0.4, 0.5) is 11.4 Å². The average molecular weight is 537 g/mol. The van der Waals surface area contributed by atoms with Gasteiger partial charge < -0.3 is 0 Å². The van der Waals surface area contributed by atoms with Crippen molar-refractivity contribution in [2.45, 2.75) is 41.5 Å². The van der Waals surface area contributed by atoms with Crippen LogP contribution in [0.15, 0.2) is 36.7 Å². The van der Waals surface area contributed by atoms with Crippen molar-refractivity contribution in [3.63, 3.8) is 0 Å². The Hall–Kier alpha value is -1.41. The first-order valence-corrected chi connectivity index (χ1v) is 10.9. The van der Waals surface area contributed by atoms with Gasteiger partial charge in [-0.15, -0.1) is 0 Å². The third kappa shape index (κ3) is 4.23. The molecule has 1 aliphatic heterocycles. The van der Waals surface area contributed by atoms with E-state index in [9.17, 15) is 0 Å². The molecule has 0 radical (unpaired) electrons. The molecule has 1 heterocycles. The molecule has 2 aromatic rings. The second-order valence-corrected chi connectivity index (χ2v) is 6.63. The van der Waals surface area contributed by atoms with E-state index in [-0.39, 0.29) is 0 Å². The molecule has 0 aliphatic carbocycles. The van der Waals surface area contributed by atoms with E-state index in [1.54, 1.807) is 20.0 Å². The quantitative estimate of drug-likeness (QED) is 0.334. The van der Waals surface area contributed by atoms with E-state index in [2.05, 4.69) is 103 Å². The van der Waals surface area contributed by atoms with Crippen LogP contribution in [0.3, 0.4) is 0 Å². The molecule has 0 amide bonds. The first-order chi connectivity index (χ1) is 11.9. The second kappa shape index (κ2) is 8.31. The molecule has 0 aromatic heterocycles. The minimum atomic E-state index is 1.22. The number of hydrogen-bond acceptors (Lipinski definition) is 0. The van der Waals surface area contributed by atoms with E-state index in [1.807, 2.05) is 0 Å². The van der Waals surface area contributed by atoms with Crippen LogP contribution >= 0.6 is 9.19 Å². The molecule has 2 nitrogen and oxygen atoms in total. The van der Waals surface area contributed by atoms with Crippen LogP contribution in [0.5, 0.6) is 0 Å². The Balaban J connectivity index is 0.00000109. The van der Waals surface area contributed by atoms with Crippen LogP contribution in [-0.4, -0.2) is 15.2 Å². The Labute approximate surface area is 166 Å². The van der Waals surface area contributed by atoms with Gasteiger partial charge in [-0.2, -0.15) is 0 Å². The summed E-state index contributed by atoms with van der Waals surface area (Å²) in [5.74, 6) is 0. The zero-order chi connectivity index (χ0) is 18.7. The van der Waals surface area contributed by atoms with Gasteiger partial charge in [0.2, 0.25) is 11.4 Å².